The largest absolute Gasteiger partial charge is 0.508 e. The minimum absolute atomic E-state index is 0.487. The zero-order valence-electron chi connectivity index (χ0n) is 25.6. The second-order valence-electron chi connectivity index (χ2n) is 10.7. The lowest BCUT2D eigenvalue weighted by molar-refractivity contribution is 0.0529. The molecule has 222 valence electrons. The van der Waals surface area contributed by atoms with Crippen LogP contribution in [0.25, 0.3) is 0 Å². The zero-order chi connectivity index (χ0) is 27.6. The van der Waals surface area contributed by atoms with Crippen LogP contribution in [0.1, 0.15) is 168 Å². The third kappa shape index (κ3) is 32.5. The molecule has 0 aromatic heterocycles. The first-order valence-corrected chi connectivity index (χ1v) is 16.6. The van der Waals surface area contributed by atoms with Crippen LogP contribution in [0, 0.1) is 0 Å². The first kappa shape index (κ1) is 36.5. The molecule has 0 aromatic carbocycles. The molecule has 0 rings (SSSR count). The number of carbonyl (C=O) groups is 1. The SMILES string of the molecule is CC/C=C\C/C=C\C/C=C\CCCCCCCCOC(=O)OCCCCCCCCCCCCCCCC. The number of allylic oxidation sites excluding steroid dienone is 6. The lowest BCUT2D eigenvalue weighted by atomic mass is 10.0. The molecule has 0 bridgehead atoms. The van der Waals surface area contributed by atoms with E-state index in [1.54, 1.807) is 0 Å². The summed E-state index contributed by atoms with van der Waals surface area (Å²) in [6.07, 6.45) is 43.2. The van der Waals surface area contributed by atoms with Gasteiger partial charge in [-0.1, -0.05) is 159 Å². The summed E-state index contributed by atoms with van der Waals surface area (Å²) in [6, 6.07) is 0. The van der Waals surface area contributed by atoms with Gasteiger partial charge in [0.25, 0.3) is 0 Å². The molecule has 0 unspecified atom stereocenters. The number of carbonyl (C=O) groups excluding carboxylic acids is 1. The van der Waals surface area contributed by atoms with Crippen LogP contribution < -0.4 is 0 Å². The van der Waals surface area contributed by atoms with Gasteiger partial charge in [0, 0.05) is 0 Å². The maximum atomic E-state index is 11.7. The summed E-state index contributed by atoms with van der Waals surface area (Å²) < 4.78 is 10.4. The standard InChI is InChI=1S/C35H64O3/c1-3-5-7-9-11-13-15-17-19-20-22-24-26-28-30-32-34-38-35(36)37-33-31-29-27-25-23-21-18-16-14-12-10-8-6-4-2/h5,7,11,13,17,19H,3-4,6,8-10,12,14-16,18,20-34H2,1-2H3/b7-5-,13-11-,19-17-. The van der Waals surface area contributed by atoms with Crippen molar-refractivity contribution in [3.05, 3.63) is 36.5 Å². The Morgan fingerprint density at radius 3 is 1.26 bits per heavy atom. The molecule has 0 aromatic rings. The first-order chi connectivity index (χ1) is 18.8. The maximum Gasteiger partial charge on any atom is 0.508 e. The molecule has 0 saturated carbocycles. The molecule has 38 heavy (non-hydrogen) atoms. The smallest absolute Gasteiger partial charge is 0.434 e. The molecule has 0 aliphatic carbocycles. The van der Waals surface area contributed by atoms with Crippen molar-refractivity contribution in [2.45, 2.75) is 168 Å². The highest BCUT2D eigenvalue weighted by atomic mass is 16.7. The van der Waals surface area contributed by atoms with Gasteiger partial charge in [0.2, 0.25) is 0 Å². The third-order valence-corrected chi connectivity index (χ3v) is 6.98. The van der Waals surface area contributed by atoms with Crippen LogP contribution in [0.5, 0.6) is 0 Å². The topological polar surface area (TPSA) is 35.5 Å². The van der Waals surface area contributed by atoms with Gasteiger partial charge in [-0.3, -0.25) is 0 Å². The summed E-state index contributed by atoms with van der Waals surface area (Å²) in [5.74, 6) is 0. The molecule has 0 radical (unpaired) electrons. The van der Waals surface area contributed by atoms with Gasteiger partial charge < -0.3 is 9.47 Å². The lowest BCUT2D eigenvalue weighted by Crippen LogP contribution is -2.09. The quantitative estimate of drug-likeness (QED) is 0.0546. The molecule has 0 aliphatic heterocycles. The van der Waals surface area contributed by atoms with Gasteiger partial charge in [-0.2, -0.15) is 0 Å². The fourth-order valence-electron chi connectivity index (χ4n) is 4.55. The van der Waals surface area contributed by atoms with Crippen LogP contribution >= 0.6 is 0 Å². The number of unbranched alkanes of at least 4 members (excludes halogenated alkanes) is 19. The predicted molar refractivity (Wildman–Crippen MR) is 167 cm³/mol. The van der Waals surface area contributed by atoms with Crippen LogP contribution in [0.4, 0.5) is 4.79 Å². The Labute approximate surface area is 237 Å². The van der Waals surface area contributed by atoms with Gasteiger partial charge in [-0.25, -0.2) is 4.79 Å². The van der Waals surface area contributed by atoms with E-state index in [0.29, 0.717) is 13.2 Å². The summed E-state index contributed by atoms with van der Waals surface area (Å²) in [7, 11) is 0. The van der Waals surface area contributed by atoms with E-state index in [4.69, 9.17) is 9.47 Å². The summed E-state index contributed by atoms with van der Waals surface area (Å²) in [4.78, 5) is 11.7. The molecule has 0 amide bonds. The van der Waals surface area contributed by atoms with Crippen molar-refractivity contribution >= 4 is 6.16 Å². The van der Waals surface area contributed by atoms with Gasteiger partial charge >= 0.3 is 6.16 Å². The van der Waals surface area contributed by atoms with E-state index in [-0.39, 0.29) is 0 Å². The summed E-state index contributed by atoms with van der Waals surface area (Å²) in [6.45, 7) is 5.43. The van der Waals surface area contributed by atoms with Crippen LogP contribution in [0.15, 0.2) is 36.5 Å². The molecule has 0 atom stereocenters. The minimum atomic E-state index is -0.487. The Balaban J connectivity index is 3.23. The fourth-order valence-corrected chi connectivity index (χ4v) is 4.55. The molecule has 0 N–H and O–H groups in total. The highest BCUT2D eigenvalue weighted by Crippen LogP contribution is 2.13. The molecular weight excluding hydrogens is 468 g/mol. The van der Waals surface area contributed by atoms with Gasteiger partial charge in [-0.15, -0.1) is 0 Å². The number of rotatable bonds is 29. The molecule has 0 saturated heterocycles. The second kappa shape index (κ2) is 33.5. The van der Waals surface area contributed by atoms with E-state index in [2.05, 4.69) is 50.3 Å². The van der Waals surface area contributed by atoms with E-state index in [1.807, 2.05) is 0 Å². The van der Waals surface area contributed by atoms with E-state index >= 15 is 0 Å². The molecular formula is C35H64O3. The number of hydrogen-bond donors (Lipinski definition) is 0. The zero-order valence-corrected chi connectivity index (χ0v) is 25.6. The van der Waals surface area contributed by atoms with Crippen molar-refractivity contribution in [2.24, 2.45) is 0 Å². The summed E-state index contributed by atoms with van der Waals surface area (Å²) in [5, 5.41) is 0. The van der Waals surface area contributed by atoms with Crippen molar-refractivity contribution in [3.8, 4) is 0 Å². The normalized spacial score (nSPS) is 11.8. The fraction of sp³-hybridized carbons (Fsp3) is 0.800. The molecule has 0 aliphatic rings. The number of hydrogen-bond acceptors (Lipinski definition) is 3. The van der Waals surface area contributed by atoms with Gasteiger partial charge in [-0.05, 0) is 44.9 Å². The van der Waals surface area contributed by atoms with Gasteiger partial charge in [0.05, 0.1) is 13.2 Å². The Bertz CT molecular complexity index is 549. The Hall–Kier alpha value is -1.51. The average molecular weight is 533 g/mol. The van der Waals surface area contributed by atoms with Crippen LogP contribution in [0.2, 0.25) is 0 Å². The summed E-state index contributed by atoms with van der Waals surface area (Å²) >= 11 is 0. The minimum Gasteiger partial charge on any atom is -0.434 e. The van der Waals surface area contributed by atoms with E-state index in [9.17, 15) is 4.79 Å². The highest BCUT2D eigenvalue weighted by molar-refractivity contribution is 5.59. The Kier molecular flexibility index (Phi) is 32.2. The monoisotopic (exact) mass is 532 g/mol. The van der Waals surface area contributed by atoms with Crippen molar-refractivity contribution < 1.29 is 14.3 Å². The molecule has 0 spiro atoms. The summed E-state index contributed by atoms with van der Waals surface area (Å²) in [5.41, 5.74) is 0. The average Bonchev–Trinajstić information content (AvgIpc) is 2.92. The van der Waals surface area contributed by atoms with Crippen LogP contribution in [-0.2, 0) is 9.47 Å². The maximum absolute atomic E-state index is 11.7. The highest BCUT2D eigenvalue weighted by Gasteiger charge is 2.03. The van der Waals surface area contributed by atoms with E-state index in [0.717, 1.165) is 44.9 Å². The van der Waals surface area contributed by atoms with Crippen molar-refractivity contribution in [3.63, 3.8) is 0 Å². The Morgan fingerprint density at radius 2 is 0.816 bits per heavy atom. The molecule has 0 fully saturated rings. The Morgan fingerprint density at radius 1 is 0.447 bits per heavy atom. The first-order valence-electron chi connectivity index (χ1n) is 16.6. The van der Waals surface area contributed by atoms with Crippen LogP contribution in [0.3, 0.4) is 0 Å². The van der Waals surface area contributed by atoms with Crippen molar-refractivity contribution in [1.82, 2.24) is 0 Å². The molecule has 0 heterocycles. The third-order valence-electron chi connectivity index (χ3n) is 6.98. The predicted octanol–water partition coefficient (Wildman–Crippen LogP) is 12.2. The lowest BCUT2D eigenvalue weighted by Gasteiger charge is -2.06. The van der Waals surface area contributed by atoms with E-state index in [1.165, 1.54) is 109 Å². The second-order valence-corrected chi connectivity index (χ2v) is 10.7. The number of ether oxygens (including phenoxy) is 2. The van der Waals surface area contributed by atoms with Crippen molar-refractivity contribution in [2.75, 3.05) is 13.2 Å². The van der Waals surface area contributed by atoms with E-state index < -0.39 is 6.16 Å². The van der Waals surface area contributed by atoms with Gasteiger partial charge in [0.1, 0.15) is 0 Å². The van der Waals surface area contributed by atoms with Crippen molar-refractivity contribution in [1.29, 1.82) is 0 Å². The molecule has 3 heteroatoms. The molecule has 3 nitrogen and oxygen atoms in total. The van der Waals surface area contributed by atoms with Gasteiger partial charge in [0.15, 0.2) is 0 Å². The van der Waals surface area contributed by atoms with Crippen LogP contribution in [-0.4, -0.2) is 19.4 Å².